The monoisotopic (exact) mass is 282 g/mol. The Hall–Kier alpha value is -1.97. The van der Waals surface area contributed by atoms with Gasteiger partial charge in [-0.15, -0.1) is 0 Å². The van der Waals surface area contributed by atoms with E-state index in [1.54, 1.807) is 0 Å². The van der Waals surface area contributed by atoms with Gasteiger partial charge < -0.3 is 4.74 Å². The normalized spacial score (nSPS) is 32.9. The summed E-state index contributed by atoms with van der Waals surface area (Å²) in [6.45, 7) is 3.00. The molecule has 0 saturated heterocycles. The van der Waals surface area contributed by atoms with Crippen LogP contribution in [0.1, 0.15) is 19.8 Å². The van der Waals surface area contributed by atoms with Crippen LogP contribution in [0.5, 0.6) is 0 Å². The van der Waals surface area contributed by atoms with Gasteiger partial charge in [0.15, 0.2) is 0 Å². The molecule has 0 aromatic carbocycles. The van der Waals surface area contributed by atoms with Crippen molar-refractivity contribution < 1.29 is 9.53 Å². The first kappa shape index (κ1) is 12.7. The second-order valence-corrected chi connectivity index (χ2v) is 6.18. The predicted molar refractivity (Wildman–Crippen MR) is 81.7 cm³/mol. The second-order valence-electron chi connectivity index (χ2n) is 6.18. The molecule has 0 radical (unpaired) electrons. The number of nitrogens with zero attached hydrogens (tertiary/aromatic N) is 2. The summed E-state index contributed by atoms with van der Waals surface area (Å²) in [4.78, 5) is 21.5. The van der Waals surface area contributed by atoms with Crippen molar-refractivity contribution in [3.63, 3.8) is 0 Å². The lowest BCUT2D eigenvalue weighted by Crippen LogP contribution is -2.27. The molecule has 4 nitrogen and oxygen atoms in total. The zero-order valence-electron chi connectivity index (χ0n) is 12.3. The lowest BCUT2D eigenvalue weighted by atomic mass is 9.73. The Labute approximate surface area is 124 Å². The first-order valence-corrected chi connectivity index (χ1v) is 7.49. The molecular formula is C17H18N2O2. The summed E-state index contributed by atoms with van der Waals surface area (Å²) < 4.78 is 4.98. The van der Waals surface area contributed by atoms with E-state index in [9.17, 15) is 4.79 Å². The van der Waals surface area contributed by atoms with Crippen molar-refractivity contribution in [3.8, 4) is 0 Å². The Morgan fingerprint density at radius 2 is 2.29 bits per heavy atom. The summed E-state index contributed by atoms with van der Waals surface area (Å²) in [6, 6.07) is -0.100. The Morgan fingerprint density at radius 3 is 3.10 bits per heavy atom. The quantitative estimate of drug-likeness (QED) is 0.693. The number of aliphatic imine (C=N–C) groups is 2. The van der Waals surface area contributed by atoms with E-state index < -0.39 is 0 Å². The Kier molecular flexibility index (Phi) is 2.74. The maximum atomic E-state index is 12.2. The van der Waals surface area contributed by atoms with E-state index in [-0.39, 0.29) is 12.0 Å². The van der Waals surface area contributed by atoms with Gasteiger partial charge >= 0.3 is 5.97 Å². The third-order valence-corrected chi connectivity index (χ3v) is 5.15. The van der Waals surface area contributed by atoms with Crippen LogP contribution >= 0.6 is 0 Å². The van der Waals surface area contributed by atoms with Crippen molar-refractivity contribution in [1.29, 1.82) is 0 Å². The molecule has 2 aliphatic carbocycles. The number of carbonyl (C=O) groups excluding carboxylic acids is 1. The molecule has 0 N–H and O–H groups in total. The lowest BCUT2D eigenvalue weighted by molar-refractivity contribution is -0.136. The number of methoxy groups -OCH3 is 1. The molecule has 0 aromatic heterocycles. The molecule has 4 heteroatoms. The standard InChI is InChI=1S/C17H18N2O2/c1-9-11-5-14-13(17(20)21-2)7-12(9)16-10(3-4-18-14)8-19-15(16)6-11/h3-4,7,9,11,14H,5-6,8H2,1-2H3/t9?,11-,14+/m1/s1. The van der Waals surface area contributed by atoms with Crippen molar-refractivity contribution in [1.82, 2.24) is 0 Å². The van der Waals surface area contributed by atoms with Crippen molar-refractivity contribution >= 4 is 17.9 Å². The van der Waals surface area contributed by atoms with Crippen LogP contribution in [-0.2, 0) is 9.53 Å². The van der Waals surface area contributed by atoms with E-state index >= 15 is 0 Å². The molecule has 2 aliphatic heterocycles. The number of hydrogen-bond donors (Lipinski definition) is 0. The van der Waals surface area contributed by atoms with Gasteiger partial charge in [0.25, 0.3) is 0 Å². The number of hydrogen-bond acceptors (Lipinski definition) is 4. The van der Waals surface area contributed by atoms with E-state index in [0.29, 0.717) is 17.4 Å². The van der Waals surface area contributed by atoms with E-state index in [1.165, 1.54) is 29.5 Å². The molecule has 0 amide bonds. The van der Waals surface area contributed by atoms with Gasteiger partial charge in [-0.1, -0.05) is 6.92 Å². The Bertz CT molecular complexity index is 679. The number of carbonyl (C=O) groups is 1. The van der Waals surface area contributed by atoms with Crippen LogP contribution in [0, 0.1) is 11.8 Å². The molecule has 4 rings (SSSR count). The highest BCUT2D eigenvalue weighted by atomic mass is 16.5. The average molecular weight is 282 g/mol. The summed E-state index contributed by atoms with van der Waals surface area (Å²) >= 11 is 0. The van der Waals surface area contributed by atoms with Gasteiger partial charge in [0, 0.05) is 17.5 Å². The minimum atomic E-state index is -0.259. The maximum absolute atomic E-state index is 12.2. The summed E-state index contributed by atoms with van der Waals surface area (Å²) in [5.41, 5.74) is 5.65. The molecule has 1 unspecified atom stereocenters. The highest BCUT2D eigenvalue weighted by molar-refractivity contribution is 6.10. The number of allylic oxidation sites excluding steroid dienone is 3. The van der Waals surface area contributed by atoms with E-state index in [1.807, 2.05) is 12.3 Å². The van der Waals surface area contributed by atoms with E-state index in [4.69, 9.17) is 9.73 Å². The van der Waals surface area contributed by atoms with Crippen molar-refractivity contribution in [2.75, 3.05) is 13.7 Å². The maximum Gasteiger partial charge on any atom is 0.335 e. The van der Waals surface area contributed by atoms with Crippen LogP contribution in [0.4, 0.5) is 0 Å². The number of fused-ring (bicyclic) bond motifs is 2. The van der Waals surface area contributed by atoms with E-state index in [2.05, 4.69) is 18.0 Å². The second kappa shape index (κ2) is 4.52. The van der Waals surface area contributed by atoms with Crippen LogP contribution in [-0.4, -0.2) is 37.6 Å². The highest BCUT2D eigenvalue weighted by Crippen LogP contribution is 2.45. The van der Waals surface area contributed by atoms with Crippen LogP contribution < -0.4 is 0 Å². The Balaban J connectivity index is 1.99. The van der Waals surface area contributed by atoms with Crippen molar-refractivity contribution in [3.05, 3.63) is 34.4 Å². The van der Waals surface area contributed by atoms with Gasteiger partial charge in [0.05, 0.1) is 25.3 Å². The molecule has 3 bridgehead atoms. The topological polar surface area (TPSA) is 51.0 Å². The molecule has 0 aromatic rings. The van der Waals surface area contributed by atoms with Crippen molar-refractivity contribution in [2.24, 2.45) is 21.8 Å². The smallest absolute Gasteiger partial charge is 0.335 e. The fraction of sp³-hybridized carbons (Fsp3) is 0.471. The fourth-order valence-corrected chi connectivity index (χ4v) is 3.94. The van der Waals surface area contributed by atoms with Gasteiger partial charge in [0.2, 0.25) is 0 Å². The molecule has 0 spiro atoms. The number of esters is 1. The molecule has 0 fully saturated rings. The fourth-order valence-electron chi connectivity index (χ4n) is 3.94. The van der Waals surface area contributed by atoms with Gasteiger partial charge in [-0.2, -0.15) is 0 Å². The zero-order chi connectivity index (χ0) is 14.6. The summed E-state index contributed by atoms with van der Waals surface area (Å²) in [5.74, 6) is 0.684. The SMILES string of the molecule is COC(=O)C1=CC2=C3C4=CC=N[C@H]1C[C@H](CC3=NC4)C2C. The van der Waals surface area contributed by atoms with E-state index in [0.717, 1.165) is 19.4 Å². The molecule has 108 valence electrons. The first-order valence-electron chi connectivity index (χ1n) is 7.49. The van der Waals surface area contributed by atoms with Gasteiger partial charge in [-0.3, -0.25) is 9.98 Å². The molecule has 2 heterocycles. The summed E-state index contributed by atoms with van der Waals surface area (Å²) in [6.07, 6.45) is 7.83. The summed E-state index contributed by atoms with van der Waals surface area (Å²) in [7, 11) is 1.44. The minimum absolute atomic E-state index is 0.100. The highest BCUT2D eigenvalue weighted by Gasteiger charge is 2.40. The van der Waals surface area contributed by atoms with Crippen molar-refractivity contribution in [2.45, 2.75) is 25.8 Å². The van der Waals surface area contributed by atoms with Crippen LogP contribution in [0.15, 0.2) is 44.4 Å². The average Bonchev–Trinajstić information content (AvgIpc) is 2.86. The van der Waals surface area contributed by atoms with Crippen LogP contribution in [0.2, 0.25) is 0 Å². The summed E-state index contributed by atoms with van der Waals surface area (Å²) in [5, 5.41) is 0. The third kappa shape index (κ3) is 1.78. The molecule has 21 heavy (non-hydrogen) atoms. The molecule has 0 saturated carbocycles. The first-order chi connectivity index (χ1) is 10.2. The molecule has 3 atom stereocenters. The number of ether oxygens (including phenoxy) is 1. The predicted octanol–water partition coefficient (Wildman–Crippen LogP) is 2.28. The largest absolute Gasteiger partial charge is 0.466 e. The Morgan fingerprint density at radius 1 is 1.43 bits per heavy atom. The zero-order valence-corrected chi connectivity index (χ0v) is 12.3. The van der Waals surface area contributed by atoms with Crippen LogP contribution in [0.25, 0.3) is 0 Å². The van der Waals surface area contributed by atoms with Gasteiger partial charge in [0.1, 0.15) is 0 Å². The number of rotatable bonds is 1. The van der Waals surface area contributed by atoms with Crippen LogP contribution in [0.3, 0.4) is 0 Å². The van der Waals surface area contributed by atoms with Gasteiger partial charge in [-0.25, -0.2) is 4.79 Å². The molecule has 4 aliphatic rings. The minimum Gasteiger partial charge on any atom is -0.466 e. The van der Waals surface area contributed by atoms with Gasteiger partial charge in [-0.05, 0) is 48.0 Å². The third-order valence-electron chi connectivity index (χ3n) is 5.15. The molecular weight excluding hydrogens is 264 g/mol. The lowest BCUT2D eigenvalue weighted by Gasteiger charge is -2.31.